The molecule has 0 aliphatic carbocycles. The van der Waals surface area contributed by atoms with E-state index in [1.807, 2.05) is 0 Å². The van der Waals surface area contributed by atoms with Gasteiger partial charge in [0.15, 0.2) is 11.6 Å². The van der Waals surface area contributed by atoms with E-state index in [1.54, 1.807) is 6.07 Å². The first-order valence-corrected chi connectivity index (χ1v) is 5.09. The zero-order chi connectivity index (χ0) is 11.3. The van der Waals surface area contributed by atoms with Crippen LogP contribution in [0.25, 0.3) is 0 Å². The van der Waals surface area contributed by atoms with Crippen LogP contribution in [0.2, 0.25) is 0 Å². The first-order chi connectivity index (χ1) is 7.15. The zero-order valence-corrected chi connectivity index (χ0v) is 9.84. The normalized spacial score (nSPS) is 11.9. The molecule has 0 unspecified atom stereocenters. The van der Waals surface area contributed by atoms with Crippen molar-refractivity contribution in [1.82, 2.24) is 0 Å². The quantitative estimate of drug-likeness (QED) is 0.699. The van der Waals surface area contributed by atoms with Gasteiger partial charge >= 0.3 is 0 Å². The second-order valence-corrected chi connectivity index (χ2v) is 3.60. The number of hydrogen-bond acceptors (Lipinski definition) is 3. The Morgan fingerprint density at radius 1 is 1.31 bits per heavy atom. The third kappa shape index (κ3) is 4.35. The van der Waals surface area contributed by atoms with Gasteiger partial charge in [-0.05, 0) is 37.1 Å². The minimum absolute atomic E-state index is 0. The number of unbranched alkanes of at least 4 members (excludes halogenated alkanes) is 1. The van der Waals surface area contributed by atoms with Gasteiger partial charge in [0.2, 0.25) is 0 Å². The van der Waals surface area contributed by atoms with Crippen LogP contribution in [0.15, 0.2) is 18.2 Å². The first kappa shape index (κ1) is 15.2. The molecule has 5 N–H and O–H groups in total. The summed E-state index contributed by atoms with van der Waals surface area (Å²) in [6.07, 6.45) is 2.63. The third-order valence-electron chi connectivity index (χ3n) is 2.37. The fourth-order valence-corrected chi connectivity index (χ4v) is 1.43. The summed E-state index contributed by atoms with van der Waals surface area (Å²) < 4.78 is 13.0. The van der Waals surface area contributed by atoms with Crippen molar-refractivity contribution in [3.05, 3.63) is 29.6 Å². The molecule has 0 aromatic heterocycles. The lowest BCUT2D eigenvalue weighted by Gasteiger charge is -2.11. The van der Waals surface area contributed by atoms with Crippen LogP contribution in [0.1, 0.15) is 30.9 Å². The molecule has 0 saturated heterocycles. The Hall–Kier alpha value is -0.840. The van der Waals surface area contributed by atoms with E-state index in [-0.39, 0.29) is 24.2 Å². The van der Waals surface area contributed by atoms with Crippen LogP contribution in [0.3, 0.4) is 0 Å². The smallest absolute Gasteiger partial charge is 0.165 e. The molecule has 3 nitrogen and oxygen atoms in total. The van der Waals surface area contributed by atoms with Gasteiger partial charge < -0.3 is 16.6 Å². The summed E-state index contributed by atoms with van der Waals surface area (Å²) in [5, 5.41) is 9.01. The lowest BCUT2D eigenvalue weighted by atomic mass is 10.0. The molecular formula is C11H18ClFN2O. The van der Waals surface area contributed by atoms with E-state index in [1.165, 1.54) is 12.1 Å². The molecule has 16 heavy (non-hydrogen) atoms. The summed E-state index contributed by atoms with van der Waals surface area (Å²) in [5.74, 6) is -0.963. The second kappa shape index (κ2) is 7.44. The number of halogens is 2. The van der Waals surface area contributed by atoms with Crippen LogP contribution in [0.5, 0.6) is 5.75 Å². The van der Waals surface area contributed by atoms with E-state index < -0.39 is 5.82 Å². The largest absolute Gasteiger partial charge is 0.505 e. The van der Waals surface area contributed by atoms with Crippen LogP contribution >= 0.6 is 12.4 Å². The van der Waals surface area contributed by atoms with Crippen LogP contribution in [-0.2, 0) is 0 Å². The summed E-state index contributed by atoms with van der Waals surface area (Å²) in [6.45, 7) is 0.649. The maximum atomic E-state index is 13.0. The lowest BCUT2D eigenvalue weighted by Crippen LogP contribution is -2.11. The van der Waals surface area contributed by atoms with Crippen LogP contribution in [0, 0.1) is 5.82 Å². The van der Waals surface area contributed by atoms with Gasteiger partial charge in [-0.25, -0.2) is 4.39 Å². The summed E-state index contributed by atoms with van der Waals surface area (Å²) in [4.78, 5) is 0. The maximum Gasteiger partial charge on any atom is 0.165 e. The van der Waals surface area contributed by atoms with E-state index in [0.29, 0.717) is 12.1 Å². The Morgan fingerprint density at radius 2 is 2.00 bits per heavy atom. The molecule has 0 radical (unpaired) electrons. The molecule has 0 aliphatic heterocycles. The highest BCUT2D eigenvalue weighted by Gasteiger charge is 2.08. The molecule has 5 heteroatoms. The van der Waals surface area contributed by atoms with Crippen molar-refractivity contribution in [3.63, 3.8) is 0 Å². The molecular weight excluding hydrogens is 231 g/mol. The van der Waals surface area contributed by atoms with Gasteiger partial charge in [-0.15, -0.1) is 12.4 Å². The highest BCUT2D eigenvalue weighted by Crippen LogP contribution is 2.22. The minimum atomic E-state index is -0.623. The molecule has 0 heterocycles. The summed E-state index contributed by atoms with van der Waals surface area (Å²) >= 11 is 0. The summed E-state index contributed by atoms with van der Waals surface area (Å²) in [6, 6.07) is 4.06. The fourth-order valence-electron chi connectivity index (χ4n) is 1.43. The molecule has 0 spiro atoms. The maximum absolute atomic E-state index is 13.0. The summed E-state index contributed by atoms with van der Waals surface area (Å²) in [7, 11) is 0. The fraction of sp³-hybridized carbons (Fsp3) is 0.455. The van der Waals surface area contributed by atoms with Gasteiger partial charge in [0.1, 0.15) is 0 Å². The summed E-state index contributed by atoms with van der Waals surface area (Å²) in [5.41, 5.74) is 11.9. The monoisotopic (exact) mass is 248 g/mol. The van der Waals surface area contributed by atoms with Gasteiger partial charge in [-0.1, -0.05) is 12.5 Å². The van der Waals surface area contributed by atoms with Gasteiger partial charge in [0, 0.05) is 6.04 Å². The van der Waals surface area contributed by atoms with Gasteiger partial charge in [0.25, 0.3) is 0 Å². The molecule has 1 aromatic rings. The average Bonchev–Trinajstić information content (AvgIpc) is 2.22. The molecule has 0 amide bonds. The van der Waals surface area contributed by atoms with Gasteiger partial charge in [0.05, 0.1) is 0 Å². The number of phenols is 1. The van der Waals surface area contributed by atoms with Gasteiger partial charge in [-0.3, -0.25) is 0 Å². The number of nitrogens with two attached hydrogens (primary N) is 2. The predicted octanol–water partition coefficient (Wildman–Crippen LogP) is 2.08. The molecule has 0 aliphatic rings. The van der Waals surface area contributed by atoms with E-state index in [0.717, 1.165) is 19.3 Å². The highest BCUT2D eigenvalue weighted by molar-refractivity contribution is 5.85. The van der Waals surface area contributed by atoms with E-state index in [4.69, 9.17) is 16.6 Å². The molecule has 1 rings (SSSR count). The Morgan fingerprint density at radius 3 is 2.56 bits per heavy atom. The number of aromatic hydroxyl groups is 1. The number of hydrogen-bond donors (Lipinski definition) is 3. The molecule has 92 valence electrons. The second-order valence-electron chi connectivity index (χ2n) is 3.60. The lowest BCUT2D eigenvalue weighted by molar-refractivity contribution is 0.431. The van der Waals surface area contributed by atoms with Crippen LogP contribution in [0.4, 0.5) is 4.39 Å². The molecule has 0 fully saturated rings. The minimum Gasteiger partial charge on any atom is -0.505 e. The first-order valence-electron chi connectivity index (χ1n) is 5.09. The van der Waals surface area contributed by atoms with E-state index in [9.17, 15) is 4.39 Å². The Kier molecular flexibility index (Phi) is 7.05. The highest BCUT2D eigenvalue weighted by atomic mass is 35.5. The Balaban J connectivity index is 0.00000225. The van der Waals surface area contributed by atoms with Crippen molar-refractivity contribution in [3.8, 4) is 5.75 Å². The molecule has 1 atom stereocenters. The van der Waals surface area contributed by atoms with Crippen LogP contribution < -0.4 is 11.5 Å². The SMILES string of the molecule is Cl.NCCCC[C@H](N)c1ccc(O)c(F)c1. The van der Waals surface area contributed by atoms with Crippen molar-refractivity contribution < 1.29 is 9.50 Å². The van der Waals surface area contributed by atoms with Gasteiger partial charge in [-0.2, -0.15) is 0 Å². The van der Waals surface area contributed by atoms with Crippen molar-refractivity contribution >= 4 is 12.4 Å². The van der Waals surface area contributed by atoms with Crippen molar-refractivity contribution in [2.75, 3.05) is 6.54 Å². The van der Waals surface area contributed by atoms with Crippen LogP contribution in [-0.4, -0.2) is 11.7 Å². The number of rotatable bonds is 5. The predicted molar refractivity (Wildman–Crippen MR) is 65.1 cm³/mol. The Bertz CT molecular complexity index is 323. The molecule has 0 bridgehead atoms. The van der Waals surface area contributed by atoms with Crippen molar-refractivity contribution in [1.29, 1.82) is 0 Å². The number of phenolic OH excluding ortho intramolecular Hbond substituents is 1. The van der Waals surface area contributed by atoms with Crippen molar-refractivity contribution in [2.45, 2.75) is 25.3 Å². The molecule has 1 aromatic carbocycles. The number of benzene rings is 1. The zero-order valence-electron chi connectivity index (χ0n) is 9.03. The third-order valence-corrected chi connectivity index (χ3v) is 2.37. The average molecular weight is 249 g/mol. The Labute approximate surface area is 101 Å². The van der Waals surface area contributed by atoms with E-state index in [2.05, 4.69) is 0 Å². The van der Waals surface area contributed by atoms with E-state index >= 15 is 0 Å². The van der Waals surface area contributed by atoms with Crippen molar-refractivity contribution in [2.24, 2.45) is 11.5 Å². The molecule has 0 saturated carbocycles. The topological polar surface area (TPSA) is 72.3 Å². The standard InChI is InChI=1S/C11H17FN2O.ClH/c12-9-7-8(4-5-11(9)15)10(14)3-1-2-6-13;/h4-5,7,10,15H,1-3,6,13-14H2;1H/t10-;/m0./s1.